The molecule has 1 aliphatic rings. The number of morpholine rings is 1. The summed E-state index contributed by atoms with van der Waals surface area (Å²) in [5.41, 5.74) is 2.75. The lowest BCUT2D eigenvalue weighted by molar-refractivity contribution is -0.114. The van der Waals surface area contributed by atoms with E-state index < -0.39 is 0 Å². The average Bonchev–Trinajstić information content (AvgIpc) is 3.31. The number of aromatic nitrogens is 4. The predicted octanol–water partition coefficient (Wildman–Crippen LogP) is 3.31. The molecule has 3 aromatic rings. The van der Waals surface area contributed by atoms with Crippen LogP contribution in [0.3, 0.4) is 0 Å². The molecule has 1 fully saturated rings. The molecular formula is C24H28ClN7O2. The fourth-order valence-electron chi connectivity index (χ4n) is 3.61. The number of carbonyl (C=O) groups excluding carboxylic acids is 1. The zero-order valence-electron chi connectivity index (χ0n) is 18.9. The molecule has 10 heteroatoms. The fraction of sp³-hybridized carbons (Fsp3) is 0.333. The van der Waals surface area contributed by atoms with E-state index in [4.69, 9.17) is 16.3 Å². The molecule has 2 N–H and O–H groups in total. The van der Waals surface area contributed by atoms with E-state index in [1.54, 1.807) is 12.4 Å². The van der Waals surface area contributed by atoms with Gasteiger partial charge in [-0.05, 0) is 17.2 Å². The number of nitrogens with zero attached hydrogens (tertiary/aromatic N) is 5. The summed E-state index contributed by atoms with van der Waals surface area (Å²) in [5.74, 6) is 0.931. The van der Waals surface area contributed by atoms with E-state index in [2.05, 4.69) is 37.2 Å². The zero-order valence-corrected chi connectivity index (χ0v) is 19.7. The molecule has 1 aromatic carbocycles. The number of hydrogen-bond donors (Lipinski definition) is 2. The van der Waals surface area contributed by atoms with Crippen molar-refractivity contribution in [3.63, 3.8) is 0 Å². The van der Waals surface area contributed by atoms with Crippen molar-refractivity contribution in [3.8, 4) is 0 Å². The Balaban J connectivity index is 1.33. The van der Waals surface area contributed by atoms with Gasteiger partial charge >= 0.3 is 0 Å². The number of halogens is 1. The molecular weight excluding hydrogens is 454 g/mol. The van der Waals surface area contributed by atoms with Crippen molar-refractivity contribution in [3.05, 3.63) is 71.7 Å². The largest absolute Gasteiger partial charge is 0.379 e. The van der Waals surface area contributed by atoms with Crippen LogP contribution in [0.25, 0.3) is 0 Å². The molecule has 0 amide bonds. The van der Waals surface area contributed by atoms with Crippen molar-refractivity contribution >= 4 is 34.8 Å². The van der Waals surface area contributed by atoms with E-state index in [0.29, 0.717) is 29.8 Å². The van der Waals surface area contributed by atoms with Gasteiger partial charge < -0.3 is 15.4 Å². The Morgan fingerprint density at radius 1 is 1.21 bits per heavy atom. The zero-order chi connectivity index (χ0) is 23.8. The molecule has 1 aliphatic heterocycles. The summed E-state index contributed by atoms with van der Waals surface area (Å²) in [6, 6.07) is 7.81. The van der Waals surface area contributed by atoms with Gasteiger partial charge in [0.05, 0.1) is 37.8 Å². The first-order valence-electron chi connectivity index (χ1n) is 11.2. The standard InChI is InChI=1S/C24H28ClN7O2/c1-2-21(33)13-18-4-3-5-19(12-18)14-26-23-22(25)16-27-24(30-23)29-20-15-28-32(17-20)7-6-31-8-10-34-11-9-31/h2-5,12,15-17H,1,6-11,13-14H2,(H2,26,27,29,30). The molecule has 0 unspecified atom stereocenters. The van der Waals surface area contributed by atoms with E-state index in [1.807, 2.05) is 35.1 Å². The SMILES string of the molecule is C=CC(=O)Cc1cccc(CNc2nc(Nc3cnn(CCN4CCOCC4)c3)ncc2Cl)c1. The van der Waals surface area contributed by atoms with Gasteiger partial charge in [0.15, 0.2) is 11.6 Å². The molecule has 0 atom stereocenters. The predicted molar refractivity (Wildman–Crippen MR) is 132 cm³/mol. The number of nitrogens with one attached hydrogen (secondary N) is 2. The topological polar surface area (TPSA) is 97.2 Å². The summed E-state index contributed by atoms with van der Waals surface area (Å²) in [7, 11) is 0. The van der Waals surface area contributed by atoms with Crippen LogP contribution in [0, 0.1) is 0 Å². The molecule has 34 heavy (non-hydrogen) atoms. The maximum atomic E-state index is 11.6. The Bertz CT molecular complexity index is 1130. The first-order chi connectivity index (χ1) is 16.6. The third kappa shape index (κ3) is 6.86. The number of rotatable bonds is 11. The summed E-state index contributed by atoms with van der Waals surface area (Å²) in [6.07, 6.45) is 6.91. The molecule has 178 valence electrons. The molecule has 0 spiro atoms. The first kappa shape index (κ1) is 23.9. The minimum absolute atomic E-state index is 0.0101. The highest BCUT2D eigenvalue weighted by atomic mass is 35.5. The van der Waals surface area contributed by atoms with Crippen LogP contribution in [0.5, 0.6) is 0 Å². The average molecular weight is 482 g/mol. The third-order valence-corrected chi connectivity index (χ3v) is 5.72. The minimum atomic E-state index is -0.0101. The summed E-state index contributed by atoms with van der Waals surface area (Å²) < 4.78 is 7.29. The van der Waals surface area contributed by atoms with Gasteiger partial charge in [-0.15, -0.1) is 0 Å². The van der Waals surface area contributed by atoms with E-state index in [0.717, 1.165) is 56.2 Å². The summed E-state index contributed by atoms with van der Waals surface area (Å²) in [6.45, 7) is 9.25. The second kappa shape index (κ2) is 11.7. The van der Waals surface area contributed by atoms with Crippen LogP contribution in [0.1, 0.15) is 11.1 Å². The van der Waals surface area contributed by atoms with Crippen molar-refractivity contribution in [1.29, 1.82) is 0 Å². The van der Waals surface area contributed by atoms with E-state index >= 15 is 0 Å². The first-order valence-corrected chi connectivity index (χ1v) is 11.6. The van der Waals surface area contributed by atoms with E-state index in [9.17, 15) is 4.79 Å². The molecule has 9 nitrogen and oxygen atoms in total. The van der Waals surface area contributed by atoms with Crippen LogP contribution >= 0.6 is 11.6 Å². The van der Waals surface area contributed by atoms with Crippen LogP contribution in [-0.4, -0.2) is 63.3 Å². The van der Waals surface area contributed by atoms with Gasteiger partial charge in [0.25, 0.3) is 0 Å². The number of ketones is 1. The van der Waals surface area contributed by atoms with Gasteiger partial charge in [0.1, 0.15) is 5.02 Å². The fourth-order valence-corrected chi connectivity index (χ4v) is 3.77. The van der Waals surface area contributed by atoms with Gasteiger partial charge in [-0.2, -0.15) is 10.1 Å². The van der Waals surface area contributed by atoms with E-state index in [1.165, 1.54) is 6.08 Å². The Kier molecular flexibility index (Phi) is 8.24. The summed E-state index contributed by atoms with van der Waals surface area (Å²) in [4.78, 5) is 22.8. The maximum Gasteiger partial charge on any atom is 0.229 e. The Morgan fingerprint density at radius 2 is 2.03 bits per heavy atom. The smallest absolute Gasteiger partial charge is 0.229 e. The van der Waals surface area contributed by atoms with Crippen molar-refractivity contribution in [2.45, 2.75) is 19.5 Å². The number of allylic oxidation sites excluding steroid dienone is 1. The maximum absolute atomic E-state index is 11.6. The molecule has 0 radical (unpaired) electrons. The van der Waals surface area contributed by atoms with Gasteiger partial charge in [0, 0.05) is 38.8 Å². The monoisotopic (exact) mass is 481 g/mol. The van der Waals surface area contributed by atoms with Crippen LogP contribution in [0.15, 0.2) is 55.5 Å². The molecule has 0 bridgehead atoms. The number of benzene rings is 1. The summed E-state index contributed by atoms with van der Waals surface area (Å²) in [5, 5.41) is 11.3. The molecule has 2 aromatic heterocycles. The normalized spacial score (nSPS) is 14.0. The highest BCUT2D eigenvalue weighted by Crippen LogP contribution is 2.22. The van der Waals surface area contributed by atoms with Crippen LogP contribution in [-0.2, 0) is 29.0 Å². The van der Waals surface area contributed by atoms with Gasteiger partial charge in [-0.3, -0.25) is 14.4 Å². The second-order valence-electron chi connectivity index (χ2n) is 7.98. The Hall–Kier alpha value is -3.27. The lowest BCUT2D eigenvalue weighted by Gasteiger charge is -2.26. The Labute approximate surface area is 203 Å². The van der Waals surface area contributed by atoms with Crippen molar-refractivity contribution in [2.75, 3.05) is 43.5 Å². The van der Waals surface area contributed by atoms with Gasteiger partial charge in [0.2, 0.25) is 5.95 Å². The lowest BCUT2D eigenvalue weighted by Crippen LogP contribution is -2.38. The highest BCUT2D eigenvalue weighted by molar-refractivity contribution is 6.32. The van der Waals surface area contributed by atoms with Crippen LogP contribution in [0.2, 0.25) is 5.02 Å². The number of hydrogen-bond acceptors (Lipinski definition) is 8. The minimum Gasteiger partial charge on any atom is -0.379 e. The van der Waals surface area contributed by atoms with Gasteiger partial charge in [-0.1, -0.05) is 42.4 Å². The van der Waals surface area contributed by atoms with Crippen LogP contribution < -0.4 is 10.6 Å². The number of carbonyl (C=O) groups is 1. The lowest BCUT2D eigenvalue weighted by atomic mass is 10.1. The highest BCUT2D eigenvalue weighted by Gasteiger charge is 2.11. The van der Waals surface area contributed by atoms with E-state index in [-0.39, 0.29) is 5.78 Å². The van der Waals surface area contributed by atoms with Crippen molar-refractivity contribution in [2.24, 2.45) is 0 Å². The quantitative estimate of drug-likeness (QED) is 0.402. The molecule has 0 aliphatic carbocycles. The number of anilines is 3. The van der Waals surface area contributed by atoms with Crippen molar-refractivity contribution in [1.82, 2.24) is 24.6 Å². The van der Waals surface area contributed by atoms with Gasteiger partial charge in [-0.25, -0.2) is 4.98 Å². The molecule has 1 saturated heterocycles. The summed E-state index contributed by atoms with van der Waals surface area (Å²) >= 11 is 6.30. The second-order valence-corrected chi connectivity index (χ2v) is 8.39. The molecule has 0 saturated carbocycles. The Morgan fingerprint density at radius 3 is 2.85 bits per heavy atom. The molecule has 4 rings (SSSR count). The van der Waals surface area contributed by atoms with Crippen LogP contribution in [0.4, 0.5) is 17.5 Å². The molecule has 3 heterocycles. The third-order valence-electron chi connectivity index (χ3n) is 5.44. The van der Waals surface area contributed by atoms with Crippen molar-refractivity contribution < 1.29 is 9.53 Å². The number of ether oxygens (including phenoxy) is 1.